The topological polar surface area (TPSA) is 86.5 Å². The quantitative estimate of drug-likeness (QED) is 0.397. The molecule has 154 valence electrons. The van der Waals surface area contributed by atoms with Gasteiger partial charge in [-0.3, -0.25) is 4.79 Å². The van der Waals surface area contributed by atoms with Gasteiger partial charge in [-0.25, -0.2) is 0 Å². The molecular formula is C21H19N3O4S2. The van der Waals surface area contributed by atoms with Crippen LogP contribution in [0.3, 0.4) is 0 Å². The number of nitrogens with zero attached hydrogens (tertiary/aromatic N) is 2. The number of furan rings is 1. The van der Waals surface area contributed by atoms with Gasteiger partial charge in [-0.1, -0.05) is 41.3 Å². The Kier molecular flexibility index (Phi) is 5.91. The van der Waals surface area contributed by atoms with Gasteiger partial charge in [0.05, 0.1) is 14.2 Å². The first-order valence-electron chi connectivity index (χ1n) is 9.05. The fourth-order valence-electron chi connectivity index (χ4n) is 3.00. The second kappa shape index (κ2) is 8.76. The third-order valence-electron chi connectivity index (χ3n) is 4.39. The average Bonchev–Trinajstić information content (AvgIpc) is 3.35. The van der Waals surface area contributed by atoms with Crippen molar-refractivity contribution < 1.29 is 18.7 Å². The molecule has 0 saturated carbocycles. The van der Waals surface area contributed by atoms with E-state index in [-0.39, 0.29) is 11.7 Å². The number of carbonyl (C=O) groups is 1. The number of hydrogen-bond donors (Lipinski definition) is 1. The molecule has 1 amide bonds. The Morgan fingerprint density at radius 3 is 2.67 bits per heavy atom. The Labute approximate surface area is 181 Å². The van der Waals surface area contributed by atoms with E-state index in [1.54, 1.807) is 32.4 Å². The number of methoxy groups -OCH3 is 2. The molecule has 7 nitrogen and oxygen atoms in total. The first-order chi connectivity index (χ1) is 14.6. The van der Waals surface area contributed by atoms with E-state index in [9.17, 15) is 4.79 Å². The zero-order valence-electron chi connectivity index (χ0n) is 16.6. The van der Waals surface area contributed by atoms with Gasteiger partial charge in [0.15, 0.2) is 21.6 Å². The first kappa shape index (κ1) is 20.2. The molecule has 1 N–H and O–H groups in total. The van der Waals surface area contributed by atoms with Gasteiger partial charge in [0.25, 0.3) is 5.91 Å². The van der Waals surface area contributed by atoms with E-state index in [2.05, 4.69) is 15.5 Å². The van der Waals surface area contributed by atoms with Crippen LogP contribution in [0.25, 0.3) is 11.0 Å². The summed E-state index contributed by atoms with van der Waals surface area (Å²) in [7, 11) is 3.11. The standard InChI is InChI=1S/C21H19N3O4S2/c1-12-23-24-21(30-12)29-11-15-14-6-4-5-7-16(14)28-19(15)20(25)22-13-8-9-17(26-2)18(10-13)27-3/h4-10H,11H2,1-3H3,(H,22,25). The van der Waals surface area contributed by atoms with Crippen LogP contribution in [0, 0.1) is 6.92 Å². The Hall–Kier alpha value is -3.04. The number of anilines is 1. The molecular weight excluding hydrogens is 422 g/mol. The van der Waals surface area contributed by atoms with Crippen molar-refractivity contribution in [3.63, 3.8) is 0 Å². The Morgan fingerprint density at radius 2 is 1.93 bits per heavy atom. The lowest BCUT2D eigenvalue weighted by atomic mass is 10.1. The van der Waals surface area contributed by atoms with Crippen LogP contribution in [-0.2, 0) is 5.75 Å². The molecule has 30 heavy (non-hydrogen) atoms. The zero-order valence-corrected chi connectivity index (χ0v) is 18.2. The van der Waals surface area contributed by atoms with E-state index in [0.29, 0.717) is 28.5 Å². The lowest BCUT2D eigenvalue weighted by Gasteiger charge is -2.10. The summed E-state index contributed by atoms with van der Waals surface area (Å²) in [5, 5.41) is 12.9. The van der Waals surface area contributed by atoms with E-state index in [1.165, 1.54) is 23.1 Å². The fourth-order valence-corrected chi connectivity index (χ4v) is 4.84. The molecule has 0 spiro atoms. The third-order valence-corrected chi connectivity index (χ3v) is 6.39. The SMILES string of the molecule is COc1ccc(NC(=O)c2oc3ccccc3c2CSc2nnc(C)s2)cc1OC. The number of carbonyl (C=O) groups excluding carboxylic acids is 1. The predicted octanol–water partition coefficient (Wildman–Crippen LogP) is 5.15. The van der Waals surface area contributed by atoms with Crippen molar-refractivity contribution in [1.29, 1.82) is 0 Å². The summed E-state index contributed by atoms with van der Waals surface area (Å²) in [6.45, 7) is 1.91. The first-order valence-corrected chi connectivity index (χ1v) is 10.9. The molecule has 2 heterocycles. The molecule has 2 aromatic carbocycles. The summed E-state index contributed by atoms with van der Waals surface area (Å²) >= 11 is 3.05. The Balaban J connectivity index is 1.63. The van der Waals surface area contributed by atoms with Crippen molar-refractivity contribution in [1.82, 2.24) is 10.2 Å². The minimum Gasteiger partial charge on any atom is -0.493 e. The minimum atomic E-state index is -0.331. The van der Waals surface area contributed by atoms with Crippen LogP contribution < -0.4 is 14.8 Å². The molecule has 0 bridgehead atoms. The van der Waals surface area contributed by atoms with Crippen LogP contribution in [0.2, 0.25) is 0 Å². The van der Waals surface area contributed by atoms with Crippen LogP contribution in [0.1, 0.15) is 21.1 Å². The van der Waals surface area contributed by atoms with Crippen LogP contribution in [-0.4, -0.2) is 30.3 Å². The van der Waals surface area contributed by atoms with Crippen molar-refractivity contribution >= 4 is 45.7 Å². The molecule has 0 atom stereocenters. The predicted molar refractivity (Wildman–Crippen MR) is 118 cm³/mol. The lowest BCUT2D eigenvalue weighted by Crippen LogP contribution is -2.13. The molecule has 0 radical (unpaired) electrons. The average molecular weight is 442 g/mol. The van der Waals surface area contributed by atoms with Gasteiger partial charge in [-0.15, -0.1) is 10.2 Å². The molecule has 4 rings (SSSR count). The van der Waals surface area contributed by atoms with E-state index in [4.69, 9.17) is 13.9 Å². The van der Waals surface area contributed by atoms with E-state index in [0.717, 1.165) is 20.3 Å². The van der Waals surface area contributed by atoms with Gasteiger partial charge in [-0.05, 0) is 25.1 Å². The number of aromatic nitrogens is 2. The van der Waals surface area contributed by atoms with Gasteiger partial charge in [0.2, 0.25) is 0 Å². The molecule has 0 saturated heterocycles. The van der Waals surface area contributed by atoms with Crippen LogP contribution in [0.5, 0.6) is 11.5 Å². The molecule has 0 aliphatic carbocycles. The highest BCUT2D eigenvalue weighted by Crippen LogP contribution is 2.34. The Morgan fingerprint density at radius 1 is 1.13 bits per heavy atom. The minimum absolute atomic E-state index is 0.278. The maximum Gasteiger partial charge on any atom is 0.291 e. The summed E-state index contributed by atoms with van der Waals surface area (Å²) in [6, 6.07) is 12.8. The fraction of sp³-hybridized carbons (Fsp3) is 0.190. The molecule has 0 aliphatic rings. The van der Waals surface area contributed by atoms with Crippen molar-refractivity contribution in [2.75, 3.05) is 19.5 Å². The number of hydrogen-bond acceptors (Lipinski definition) is 8. The molecule has 0 fully saturated rings. The normalized spacial score (nSPS) is 10.9. The third kappa shape index (κ3) is 4.12. The summed E-state index contributed by atoms with van der Waals surface area (Å²) in [5.41, 5.74) is 2.07. The van der Waals surface area contributed by atoms with Gasteiger partial charge < -0.3 is 19.2 Å². The van der Waals surface area contributed by atoms with Gasteiger partial charge in [0.1, 0.15) is 10.6 Å². The largest absolute Gasteiger partial charge is 0.493 e. The number of aryl methyl sites for hydroxylation is 1. The number of rotatable bonds is 7. The number of ether oxygens (including phenoxy) is 2. The number of para-hydroxylation sites is 1. The van der Waals surface area contributed by atoms with Gasteiger partial charge in [-0.2, -0.15) is 0 Å². The number of fused-ring (bicyclic) bond motifs is 1. The summed E-state index contributed by atoms with van der Waals surface area (Å²) in [5.74, 6) is 1.61. The summed E-state index contributed by atoms with van der Waals surface area (Å²) in [6.07, 6.45) is 0. The van der Waals surface area contributed by atoms with Crippen molar-refractivity contribution in [3.8, 4) is 11.5 Å². The van der Waals surface area contributed by atoms with Crippen LogP contribution >= 0.6 is 23.1 Å². The van der Waals surface area contributed by atoms with E-state index >= 15 is 0 Å². The van der Waals surface area contributed by atoms with Gasteiger partial charge in [0, 0.05) is 28.5 Å². The van der Waals surface area contributed by atoms with Crippen molar-refractivity contribution in [2.45, 2.75) is 17.0 Å². The van der Waals surface area contributed by atoms with E-state index in [1.807, 2.05) is 31.2 Å². The van der Waals surface area contributed by atoms with E-state index < -0.39 is 0 Å². The van der Waals surface area contributed by atoms with Crippen molar-refractivity contribution in [2.24, 2.45) is 0 Å². The van der Waals surface area contributed by atoms with Crippen LogP contribution in [0.4, 0.5) is 5.69 Å². The molecule has 0 unspecified atom stereocenters. The van der Waals surface area contributed by atoms with Crippen molar-refractivity contribution in [3.05, 3.63) is 58.8 Å². The molecule has 2 aromatic heterocycles. The maximum atomic E-state index is 13.1. The monoisotopic (exact) mass is 441 g/mol. The summed E-state index contributed by atoms with van der Waals surface area (Å²) in [4.78, 5) is 13.1. The number of amides is 1. The summed E-state index contributed by atoms with van der Waals surface area (Å²) < 4.78 is 17.3. The molecule has 9 heteroatoms. The maximum absolute atomic E-state index is 13.1. The number of thioether (sulfide) groups is 1. The highest BCUT2D eigenvalue weighted by atomic mass is 32.2. The number of benzene rings is 2. The smallest absolute Gasteiger partial charge is 0.291 e. The highest BCUT2D eigenvalue weighted by Gasteiger charge is 2.21. The zero-order chi connectivity index (χ0) is 21.1. The second-order valence-electron chi connectivity index (χ2n) is 6.31. The highest BCUT2D eigenvalue weighted by molar-refractivity contribution is 8.00. The Bertz CT molecular complexity index is 1200. The molecule has 4 aromatic rings. The van der Waals surface area contributed by atoms with Gasteiger partial charge >= 0.3 is 0 Å². The molecule has 0 aliphatic heterocycles. The lowest BCUT2D eigenvalue weighted by molar-refractivity contribution is 0.0998. The van der Waals surface area contributed by atoms with Crippen LogP contribution in [0.15, 0.2) is 51.2 Å². The second-order valence-corrected chi connectivity index (χ2v) is 8.71. The number of nitrogens with one attached hydrogen (secondary N) is 1.